The Kier molecular flexibility index (Phi) is 7.23. The predicted octanol–water partition coefficient (Wildman–Crippen LogP) is 6.78. The van der Waals surface area contributed by atoms with Gasteiger partial charge in [0.05, 0.1) is 25.2 Å². The van der Waals surface area contributed by atoms with Gasteiger partial charge in [-0.25, -0.2) is 8.78 Å². The van der Waals surface area contributed by atoms with E-state index in [-0.39, 0.29) is 41.0 Å². The van der Waals surface area contributed by atoms with Crippen LogP contribution in [0.25, 0.3) is 32.8 Å². The molecule has 4 aromatic rings. The summed E-state index contributed by atoms with van der Waals surface area (Å²) >= 11 is 0. The van der Waals surface area contributed by atoms with E-state index in [9.17, 15) is 4.79 Å². The van der Waals surface area contributed by atoms with Gasteiger partial charge in [-0.15, -0.1) is 0 Å². The second-order valence-corrected chi connectivity index (χ2v) is 14.3. The standard InChI is InChI=1S/C36H40F2N4O3/c1-21-12-23-8-6-7-9-24(23)25(13-21)29-28(37)14-26-31(30(29)38)39-34(40-32(26)42-17-22-10-11-35(2,15-22)18-42)45-20-36(19-41(3)4)16-27(36)33(43)44-5/h6-9,12-14,22,27H,10-11,15-20H2,1-5H3/t22-,27?,35-,36?/m0/s1. The zero-order chi connectivity index (χ0) is 31.7. The van der Waals surface area contributed by atoms with Gasteiger partial charge in [-0.3, -0.25) is 4.79 Å². The minimum atomic E-state index is -0.734. The number of benzene rings is 3. The Bertz CT molecular complexity index is 1830. The molecule has 0 N–H and O–H groups in total. The zero-order valence-electron chi connectivity index (χ0n) is 26.6. The van der Waals surface area contributed by atoms with E-state index >= 15 is 8.78 Å². The molecule has 9 heteroatoms. The van der Waals surface area contributed by atoms with Crippen molar-refractivity contribution in [1.82, 2.24) is 14.9 Å². The number of rotatable bonds is 8. The van der Waals surface area contributed by atoms with Crippen molar-refractivity contribution in [1.29, 1.82) is 0 Å². The molecule has 0 spiro atoms. The van der Waals surface area contributed by atoms with Gasteiger partial charge in [-0.2, -0.15) is 9.97 Å². The fraction of sp³-hybridized carbons (Fsp3) is 0.472. The Morgan fingerprint density at radius 1 is 1.11 bits per heavy atom. The van der Waals surface area contributed by atoms with E-state index in [0.717, 1.165) is 48.7 Å². The van der Waals surface area contributed by atoms with Crippen molar-refractivity contribution in [2.24, 2.45) is 22.7 Å². The molecule has 1 saturated heterocycles. The molecule has 0 radical (unpaired) electrons. The van der Waals surface area contributed by atoms with Crippen LogP contribution in [0, 0.1) is 41.2 Å². The number of nitrogens with zero attached hydrogens (tertiary/aromatic N) is 4. The van der Waals surface area contributed by atoms with E-state index < -0.39 is 17.0 Å². The monoisotopic (exact) mass is 614 g/mol. The molecule has 2 aliphatic carbocycles. The second kappa shape index (κ2) is 10.9. The van der Waals surface area contributed by atoms with Gasteiger partial charge >= 0.3 is 12.0 Å². The van der Waals surface area contributed by atoms with Crippen LogP contribution >= 0.6 is 0 Å². The molecule has 7 rings (SSSR count). The molecule has 3 aliphatic rings. The number of esters is 1. The summed E-state index contributed by atoms with van der Waals surface area (Å²) in [4.78, 5) is 26.1. The lowest BCUT2D eigenvalue weighted by atomic mass is 9.84. The van der Waals surface area contributed by atoms with Crippen molar-refractivity contribution in [2.75, 3.05) is 52.3 Å². The molecule has 2 unspecified atom stereocenters. The lowest BCUT2D eigenvalue weighted by Crippen LogP contribution is -2.42. The van der Waals surface area contributed by atoms with Crippen molar-refractivity contribution < 1.29 is 23.0 Å². The normalized spacial score (nSPS) is 25.7. The summed E-state index contributed by atoms with van der Waals surface area (Å²) in [5.41, 5.74) is 0.971. The van der Waals surface area contributed by atoms with E-state index in [1.165, 1.54) is 13.2 Å². The first-order valence-electron chi connectivity index (χ1n) is 15.8. The van der Waals surface area contributed by atoms with Crippen LogP contribution in [-0.4, -0.2) is 68.3 Å². The third kappa shape index (κ3) is 5.29. The van der Waals surface area contributed by atoms with E-state index in [4.69, 9.17) is 14.5 Å². The molecule has 45 heavy (non-hydrogen) atoms. The summed E-state index contributed by atoms with van der Waals surface area (Å²) in [6, 6.07) is 12.9. The van der Waals surface area contributed by atoms with Crippen molar-refractivity contribution in [3.05, 3.63) is 59.7 Å². The van der Waals surface area contributed by atoms with Crippen LogP contribution in [0.1, 0.15) is 38.2 Å². The lowest BCUT2D eigenvalue weighted by molar-refractivity contribution is -0.143. The first-order valence-corrected chi connectivity index (χ1v) is 15.8. The van der Waals surface area contributed by atoms with E-state index in [1.807, 2.05) is 62.3 Å². The van der Waals surface area contributed by atoms with E-state index in [2.05, 4.69) is 16.8 Å². The molecular weight excluding hydrogens is 574 g/mol. The number of ether oxygens (including phenoxy) is 2. The van der Waals surface area contributed by atoms with Gasteiger partial charge in [0.2, 0.25) is 0 Å². The zero-order valence-corrected chi connectivity index (χ0v) is 26.6. The molecule has 2 bridgehead atoms. The molecule has 2 saturated carbocycles. The number of anilines is 1. The number of aromatic nitrogens is 2. The first-order chi connectivity index (χ1) is 21.5. The molecule has 4 atom stereocenters. The highest BCUT2D eigenvalue weighted by molar-refractivity contribution is 6.01. The molecule has 2 heterocycles. The first kappa shape index (κ1) is 29.8. The van der Waals surface area contributed by atoms with Crippen molar-refractivity contribution in [3.63, 3.8) is 0 Å². The SMILES string of the molecule is COC(=O)C1CC1(COc1nc(N2C[C@H]3CC[C@@](C)(C3)C2)c2cc(F)c(-c3cc(C)cc4ccccc34)c(F)c2n1)CN(C)C. The number of carbonyl (C=O) groups is 1. The van der Waals surface area contributed by atoms with Gasteiger partial charge in [0, 0.05) is 30.4 Å². The summed E-state index contributed by atoms with van der Waals surface area (Å²) in [5, 5.41) is 2.01. The molecule has 1 aromatic heterocycles. The number of halogens is 2. The fourth-order valence-electron chi connectivity index (χ4n) is 8.17. The van der Waals surface area contributed by atoms with Crippen molar-refractivity contribution in [2.45, 2.75) is 39.5 Å². The second-order valence-electron chi connectivity index (χ2n) is 14.3. The number of aryl methyl sites for hydroxylation is 1. The summed E-state index contributed by atoms with van der Waals surface area (Å²) in [6.45, 7) is 6.51. The number of hydrogen-bond donors (Lipinski definition) is 0. The molecule has 1 aliphatic heterocycles. The Morgan fingerprint density at radius 2 is 1.91 bits per heavy atom. The summed E-state index contributed by atoms with van der Waals surface area (Å²) in [6.07, 6.45) is 4.02. The maximum Gasteiger partial charge on any atom is 0.319 e. The van der Waals surface area contributed by atoms with Gasteiger partial charge in [-0.1, -0.05) is 43.3 Å². The maximum absolute atomic E-state index is 16.8. The van der Waals surface area contributed by atoms with Crippen LogP contribution in [-0.2, 0) is 9.53 Å². The third-order valence-electron chi connectivity index (χ3n) is 10.2. The highest BCUT2D eigenvalue weighted by Gasteiger charge is 2.60. The fourth-order valence-corrected chi connectivity index (χ4v) is 8.17. The van der Waals surface area contributed by atoms with Gasteiger partial charge in [0.15, 0.2) is 5.82 Å². The highest BCUT2D eigenvalue weighted by Crippen LogP contribution is 2.54. The lowest BCUT2D eigenvalue weighted by Gasteiger charge is -2.39. The van der Waals surface area contributed by atoms with Crippen molar-refractivity contribution in [3.8, 4) is 17.1 Å². The van der Waals surface area contributed by atoms with E-state index in [1.54, 1.807) is 0 Å². The molecular formula is C36H40F2N4O3. The topological polar surface area (TPSA) is 67.8 Å². The van der Waals surface area contributed by atoms with Gasteiger partial charge in [0.1, 0.15) is 17.2 Å². The Balaban J connectivity index is 1.36. The molecule has 3 fully saturated rings. The van der Waals surface area contributed by atoms with Crippen molar-refractivity contribution >= 4 is 33.5 Å². The van der Waals surface area contributed by atoms with Crippen LogP contribution in [0.2, 0.25) is 0 Å². The Morgan fingerprint density at radius 3 is 2.67 bits per heavy atom. The minimum Gasteiger partial charge on any atom is -0.469 e. The van der Waals surface area contributed by atoms with Crippen LogP contribution in [0.3, 0.4) is 0 Å². The van der Waals surface area contributed by atoms with Crippen LogP contribution in [0.15, 0.2) is 42.5 Å². The molecule has 0 amide bonds. The van der Waals surface area contributed by atoms with Crippen LogP contribution in [0.5, 0.6) is 6.01 Å². The van der Waals surface area contributed by atoms with Gasteiger partial charge < -0.3 is 19.3 Å². The van der Waals surface area contributed by atoms with Crippen LogP contribution < -0.4 is 9.64 Å². The summed E-state index contributed by atoms with van der Waals surface area (Å²) < 4.78 is 44.4. The quantitative estimate of drug-likeness (QED) is 0.203. The van der Waals surface area contributed by atoms with Gasteiger partial charge in [0.25, 0.3) is 0 Å². The number of methoxy groups -OCH3 is 1. The number of carbonyl (C=O) groups excluding carboxylic acids is 1. The third-order valence-corrected chi connectivity index (χ3v) is 10.2. The Labute approximate surface area is 262 Å². The summed E-state index contributed by atoms with van der Waals surface area (Å²) in [5.74, 6) is -0.954. The van der Waals surface area contributed by atoms with E-state index in [0.29, 0.717) is 35.7 Å². The largest absolute Gasteiger partial charge is 0.469 e. The minimum absolute atomic E-state index is 0.0276. The number of hydrogen-bond acceptors (Lipinski definition) is 7. The smallest absolute Gasteiger partial charge is 0.319 e. The molecule has 7 nitrogen and oxygen atoms in total. The average molecular weight is 615 g/mol. The number of piperidine rings is 1. The van der Waals surface area contributed by atoms with Crippen LogP contribution in [0.4, 0.5) is 14.6 Å². The maximum atomic E-state index is 16.8. The highest BCUT2D eigenvalue weighted by atomic mass is 19.1. The average Bonchev–Trinajstić information content (AvgIpc) is 3.63. The number of fused-ring (bicyclic) bond motifs is 4. The molecule has 236 valence electrons. The Hall–Kier alpha value is -3.85. The predicted molar refractivity (Wildman–Crippen MR) is 171 cm³/mol. The summed E-state index contributed by atoms with van der Waals surface area (Å²) in [7, 11) is 5.29. The molecule has 3 aromatic carbocycles. The van der Waals surface area contributed by atoms with Gasteiger partial charge in [-0.05, 0) is 86.0 Å².